The van der Waals surface area contributed by atoms with Crippen molar-refractivity contribution < 1.29 is 76.3 Å². The van der Waals surface area contributed by atoms with Crippen molar-refractivity contribution >= 4 is 29.1 Å². The summed E-state index contributed by atoms with van der Waals surface area (Å²) in [4.78, 5) is 47.1. The number of likely N-dealkylation sites (tertiary alicyclic amines) is 1. The first-order chi connectivity index (χ1) is 34.5. The van der Waals surface area contributed by atoms with Crippen LogP contribution in [-0.4, -0.2) is 223 Å². The van der Waals surface area contributed by atoms with E-state index in [9.17, 15) is 19.5 Å². The monoisotopic (exact) mass is 1030 g/mol. The average Bonchev–Trinajstić information content (AvgIpc) is 3.98. The molecule has 71 heavy (non-hydrogen) atoms. The van der Waals surface area contributed by atoms with Gasteiger partial charge in [0, 0.05) is 32.5 Å². The van der Waals surface area contributed by atoms with E-state index in [2.05, 4.69) is 15.6 Å². The summed E-state index contributed by atoms with van der Waals surface area (Å²) in [5.41, 5.74) is 9.40. The number of aliphatic hydroxyl groups excluding tert-OH is 1. The molecular weight excluding hydrogens is 947 g/mol. The number of aryl methyl sites for hydroxylation is 1. The zero-order valence-electron chi connectivity index (χ0n) is 42.6. The van der Waals surface area contributed by atoms with Crippen LogP contribution in [0.1, 0.15) is 44.9 Å². The summed E-state index contributed by atoms with van der Waals surface area (Å²) >= 11 is 1.57. The second kappa shape index (κ2) is 39.2. The van der Waals surface area contributed by atoms with Crippen LogP contribution in [0, 0.1) is 12.3 Å². The number of rotatable bonds is 44. The standard InChI is InChI=1S/C49H83N5O16S/c1-39-45(71-38-52-39)41-7-5-40(6-8-41)36-51-47(57)43-35-42(55)37-54(43)48(58)46(49(2,3)4)53-44(56)9-11-59-13-15-61-17-19-63-21-23-65-25-27-67-29-31-69-33-34-70-32-30-68-28-26-66-24-22-64-20-18-62-16-14-60-12-10-50/h5-8,38,42-43,46,55H,9-37,50H2,1-4H3,(H,51,57)(H,53,56)/t42-,43+,46-/m1/s1. The lowest BCUT2D eigenvalue weighted by Crippen LogP contribution is -2.57. The summed E-state index contributed by atoms with van der Waals surface area (Å²) in [6.45, 7) is 19.0. The quantitative estimate of drug-likeness (QED) is 0.0691. The Labute approximate surface area is 424 Å². The van der Waals surface area contributed by atoms with Crippen molar-refractivity contribution in [3.8, 4) is 10.4 Å². The Hall–Kier alpha value is -3.30. The molecule has 2 aromatic rings. The third-order valence-electron chi connectivity index (χ3n) is 10.5. The minimum Gasteiger partial charge on any atom is -0.391 e. The lowest BCUT2D eigenvalue weighted by molar-refractivity contribution is -0.144. The molecule has 21 nitrogen and oxygen atoms in total. The number of nitrogens with zero attached hydrogens (tertiary/aromatic N) is 2. The summed E-state index contributed by atoms with van der Waals surface area (Å²) < 4.78 is 65.7. The lowest BCUT2D eigenvalue weighted by Gasteiger charge is -2.35. The van der Waals surface area contributed by atoms with Gasteiger partial charge in [0.15, 0.2) is 0 Å². The Balaban J connectivity index is 1.07. The number of benzene rings is 1. The van der Waals surface area contributed by atoms with Gasteiger partial charge in [-0.2, -0.15) is 0 Å². The number of ether oxygens (including phenoxy) is 12. The molecule has 0 spiro atoms. The topological polar surface area (TPSA) is 248 Å². The van der Waals surface area contributed by atoms with E-state index in [0.717, 1.165) is 21.7 Å². The first-order valence-electron chi connectivity index (χ1n) is 24.7. The number of aliphatic hydroxyl groups is 1. The highest BCUT2D eigenvalue weighted by atomic mass is 32.1. The zero-order valence-corrected chi connectivity index (χ0v) is 43.4. The van der Waals surface area contributed by atoms with E-state index in [-0.39, 0.29) is 51.0 Å². The number of hydrogen-bond acceptors (Lipinski definition) is 19. The zero-order chi connectivity index (χ0) is 51.2. The largest absolute Gasteiger partial charge is 0.391 e. The van der Waals surface area contributed by atoms with Crippen LogP contribution >= 0.6 is 11.3 Å². The van der Waals surface area contributed by atoms with Gasteiger partial charge in [-0.05, 0) is 23.5 Å². The van der Waals surface area contributed by atoms with Gasteiger partial charge in [0.25, 0.3) is 0 Å². The first-order valence-corrected chi connectivity index (χ1v) is 25.6. The van der Waals surface area contributed by atoms with E-state index in [1.165, 1.54) is 4.90 Å². The molecule has 1 fully saturated rings. The molecule has 1 saturated heterocycles. The molecule has 1 aromatic carbocycles. The Morgan fingerprint density at radius 3 is 1.42 bits per heavy atom. The summed E-state index contributed by atoms with van der Waals surface area (Å²) in [6.07, 6.45) is -0.717. The van der Waals surface area contributed by atoms with Gasteiger partial charge in [0.1, 0.15) is 12.1 Å². The SMILES string of the molecule is Cc1ncsc1-c1ccc(CNC(=O)[C@@H]2C[C@@H](O)CN2C(=O)[C@@H](NC(=O)CCOCCOCCOCCOCCOCCOCCOCCOCCOCCOCCOCCOCCN)C(C)(C)C)cc1. The van der Waals surface area contributed by atoms with E-state index in [1.54, 1.807) is 11.3 Å². The number of aromatic nitrogens is 1. The maximum atomic E-state index is 13.9. The fraction of sp³-hybridized carbons (Fsp3) is 0.755. The number of amides is 3. The molecule has 1 aromatic heterocycles. The second-order valence-corrected chi connectivity index (χ2v) is 18.2. The van der Waals surface area contributed by atoms with Gasteiger partial charge in [-0.3, -0.25) is 14.4 Å². The predicted octanol–water partition coefficient (Wildman–Crippen LogP) is 1.78. The van der Waals surface area contributed by atoms with Gasteiger partial charge in [0.2, 0.25) is 17.7 Å². The predicted molar refractivity (Wildman–Crippen MR) is 265 cm³/mol. The Morgan fingerprint density at radius 2 is 1.06 bits per heavy atom. The Morgan fingerprint density at radius 1 is 0.662 bits per heavy atom. The van der Waals surface area contributed by atoms with Crippen molar-refractivity contribution in [3.63, 3.8) is 0 Å². The van der Waals surface area contributed by atoms with Gasteiger partial charge >= 0.3 is 0 Å². The van der Waals surface area contributed by atoms with E-state index in [4.69, 9.17) is 62.6 Å². The molecule has 5 N–H and O–H groups in total. The van der Waals surface area contributed by atoms with Crippen LogP contribution in [0.15, 0.2) is 29.8 Å². The minimum atomic E-state index is -0.923. The van der Waals surface area contributed by atoms with Crippen LogP contribution in [0.3, 0.4) is 0 Å². The van der Waals surface area contributed by atoms with Crippen LogP contribution in [0.25, 0.3) is 10.4 Å². The molecule has 406 valence electrons. The van der Waals surface area contributed by atoms with Crippen molar-refractivity contribution in [3.05, 3.63) is 41.0 Å². The molecule has 3 amide bonds. The normalized spacial score (nSPS) is 15.4. The summed E-state index contributed by atoms with van der Waals surface area (Å²) in [5, 5.41) is 16.3. The third kappa shape index (κ3) is 28.7. The van der Waals surface area contributed by atoms with Crippen LogP contribution in [0.5, 0.6) is 0 Å². The van der Waals surface area contributed by atoms with Gasteiger partial charge in [-0.15, -0.1) is 11.3 Å². The highest BCUT2D eigenvalue weighted by Crippen LogP contribution is 2.28. The van der Waals surface area contributed by atoms with Crippen LogP contribution in [0.4, 0.5) is 0 Å². The van der Waals surface area contributed by atoms with Gasteiger partial charge in [-0.1, -0.05) is 45.0 Å². The maximum Gasteiger partial charge on any atom is 0.246 e. The third-order valence-corrected chi connectivity index (χ3v) is 11.5. The highest BCUT2D eigenvalue weighted by Gasteiger charge is 2.44. The fourth-order valence-corrected chi connectivity index (χ4v) is 7.59. The van der Waals surface area contributed by atoms with Gasteiger partial charge in [0.05, 0.1) is 181 Å². The molecular formula is C49H83N5O16S. The average molecular weight is 1030 g/mol. The smallest absolute Gasteiger partial charge is 0.246 e. The number of carbonyl (C=O) groups excluding carboxylic acids is 3. The number of β-amino-alcohol motifs (C(OH)–C–C–N with tert-alkyl or cyclic N) is 1. The minimum absolute atomic E-state index is 0.00198. The molecule has 3 atom stereocenters. The van der Waals surface area contributed by atoms with E-state index in [0.29, 0.717) is 152 Å². The number of nitrogens with two attached hydrogens (primary N) is 1. The summed E-state index contributed by atoms with van der Waals surface area (Å²) in [5.74, 6) is -1.14. The number of thiazole rings is 1. The van der Waals surface area contributed by atoms with Crippen molar-refractivity contribution in [1.82, 2.24) is 20.5 Å². The summed E-state index contributed by atoms with van der Waals surface area (Å²) in [6, 6.07) is 6.08. The maximum absolute atomic E-state index is 13.9. The van der Waals surface area contributed by atoms with E-state index in [1.807, 2.05) is 57.5 Å². The van der Waals surface area contributed by atoms with Crippen LogP contribution in [-0.2, 0) is 77.8 Å². The number of carbonyl (C=O) groups is 3. The number of hydrogen-bond donors (Lipinski definition) is 4. The molecule has 22 heteroatoms. The molecule has 2 heterocycles. The highest BCUT2D eigenvalue weighted by molar-refractivity contribution is 7.13. The molecule has 0 aliphatic carbocycles. The fourth-order valence-electron chi connectivity index (χ4n) is 6.78. The molecule has 0 unspecified atom stereocenters. The molecule has 0 bridgehead atoms. The first kappa shape index (κ1) is 62.0. The van der Waals surface area contributed by atoms with Gasteiger partial charge < -0.3 is 83.2 Å². The van der Waals surface area contributed by atoms with Crippen molar-refractivity contribution in [2.45, 2.75) is 65.3 Å². The lowest BCUT2D eigenvalue weighted by atomic mass is 9.85. The van der Waals surface area contributed by atoms with E-state index < -0.39 is 29.5 Å². The molecule has 0 saturated carbocycles. The van der Waals surface area contributed by atoms with E-state index >= 15 is 0 Å². The van der Waals surface area contributed by atoms with Crippen molar-refractivity contribution in [2.24, 2.45) is 11.1 Å². The Kier molecular flexibility index (Phi) is 34.2. The molecule has 1 aliphatic rings. The van der Waals surface area contributed by atoms with Crippen molar-refractivity contribution in [2.75, 3.05) is 172 Å². The van der Waals surface area contributed by atoms with Crippen molar-refractivity contribution in [1.29, 1.82) is 0 Å². The Bertz CT molecular complexity index is 1670. The number of nitrogens with one attached hydrogen (secondary N) is 2. The van der Waals surface area contributed by atoms with Crippen LogP contribution in [0.2, 0.25) is 0 Å². The van der Waals surface area contributed by atoms with Crippen LogP contribution < -0.4 is 16.4 Å². The van der Waals surface area contributed by atoms with Gasteiger partial charge in [-0.25, -0.2) is 4.98 Å². The molecule has 0 radical (unpaired) electrons. The second-order valence-electron chi connectivity index (χ2n) is 17.3. The summed E-state index contributed by atoms with van der Waals surface area (Å²) in [7, 11) is 0. The molecule has 3 rings (SSSR count). The molecule has 1 aliphatic heterocycles.